The van der Waals surface area contributed by atoms with Crippen LogP contribution in [0.4, 0.5) is 0 Å². The number of fused-ring (bicyclic) bond motifs is 2. The van der Waals surface area contributed by atoms with Gasteiger partial charge in [0.1, 0.15) is 28.1 Å². The van der Waals surface area contributed by atoms with Crippen molar-refractivity contribution < 1.29 is 14.3 Å². The lowest BCUT2D eigenvalue weighted by molar-refractivity contribution is 0.411. The van der Waals surface area contributed by atoms with Crippen molar-refractivity contribution in [3.63, 3.8) is 0 Å². The highest BCUT2D eigenvalue weighted by atomic mass is 16.5. The van der Waals surface area contributed by atoms with E-state index in [1.165, 1.54) is 12.8 Å². The Morgan fingerprint density at radius 1 is 1.11 bits per heavy atom. The molecule has 5 rings (SSSR count). The average molecular weight is 362 g/mol. The van der Waals surface area contributed by atoms with Crippen molar-refractivity contribution >= 4 is 22.0 Å². The predicted molar refractivity (Wildman–Crippen MR) is 106 cm³/mol. The highest BCUT2D eigenvalue weighted by Gasteiger charge is 2.27. The second-order valence-electron chi connectivity index (χ2n) is 7.46. The van der Waals surface area contributed by atoms with E-state index in [1.54, 1.807) is 7.11 Å². The van der Waals surface area contributed by atoms with E-state index in [0.717, 1.165) is 27.7 Å². The first kappa shape index (κ1) is 16.2. The molecular weight excluding hydrogens is 340 g/mol. The van der Waals surface area contributed by atoms with E-state index >= 15 is 0 Å². The lowest BCUT2D eigenvalue weighted by Crippen LogP contribution is -1.94. The summed E-state index contributed by atoms with van der Waals surface area (Å²) in [6, 6.07) is 6.67. The summed E-state index contributed by atoms with van der Waals surface area (Å²) in [6.07, 6.45) is 4.52. The normalized spacial score (nSPS) is 14.4. The summed E-state index contributed by atoms with van der Waals surface area (Å²) in [5.74, 6) is 1.30. The minimum Gasteiger partial charge on any atom is -0.507 e. The van der Waals surface area contributed by atoms with Gasteiger partial charge in [-0.2, -0.15) is 0 Å². The molecular formula is C22H22N2O3. The van der Waals surface area contributed by atoms with Crippen molar-refractivity contribution in [1.82, 2.24) is 9.55 Å². The number of nitrogens with zero attached hydrogens (tertiary/aromatic N) is 2. The second kappa shape index (κ2) is 5.52. The van der Waals surface area contributed by atoms with Gasteiger partial charge in [0.05, 0.1) is 7.11 Å². The van der Waals surface area contributed by atoms with Gasteiger partial charge in [-0.25, -0.2) is 4.98 Å². The molecule has 0 spiro atoms. The van der Waals surface area contributed by atoms with E-state index in [-0.39, 0.29) is 5.75 Å². The van der Waals surface area contributed by atoms with E-state index in [0.29, 0.717) is 34.2 Å². The van der Waals surface area contributed by atoms with Crippen LogP contribution >= 0.6 is 0 Å². The molecule has 27 heavy (non-hydrogen) atoms. The van der Waals surface area contributed by atoms with Gasteiger partial charge in [0, 0.05) is 17.6 Å². The average Bonchev–Trinajstić information content (AvgIpc) is 3.31. The van der Waals surface area contributed by atoms with Gasteiger partial charge in [-0.15, -0.1) is 0 Å². The fraction of sp³-hybridized carbons (Fsp3) is 0.318. The Morgan fingerprint density at radius 3 is 2.59 bits per heavy atom. The van der Waals surface area contributed by atoms with Gasteiger partial charge in [-0.3, -0.25) is 0 Å². The zero-order valence-corrected chi connectivity index (χ0v) is 16.0. The number of aryl methyl sites for hydroxylation is 1. The molecule has 0 saturated heterocycles. The highest BCUT2D eigenvalue weighted by Crippen LogP contribution is 2.47. The van der Waals surface area contributed by atoms with Crippen LogP contribution in [0, 0.1) is 20.8 Å². The summed E-state index contributed by atoms with van der Waals surface area (Å²) < 4.78 is 14.1. The number of hydrogen-bond acceptors (Lipinski definition) is 4. The van der Waals surface area contributed by atoms with Crippen LogP contribution in [-0.4, -0.2) is 21.8 Å². The number of furan rings is 1. The van der Waals surface area contributed by atoms with Gasteiger partial charge in [0.25, 0.3) is 0 Å². The molecule has 4 aromatic rings. The molecule has 5 nitrogen and oxygen atoms in total. The molecule has 0 bridgehead atoms. The number of methoxy groups -OCH3 is 1. The van der Waals surface area contributed by atoms with Gasteiger partial charge in [0.2, 0.25) is 0 Å². The molecule has 1 aliphatic carbocycles. The van der Waals surface area contributed by atoms with Gasteiger partial charge >= 0.3 is 0 Å². The monoisotopic (exact) mass is 362 g/mol. The predicted octanol–water partition coefficient (Wildman–Crippen LogP) is 5.42. The summed E-state index contributed by atoms with van der Waals surface area (Å²) in [5.41, 5.74) is 5.20. The number of pyridine rings is 1. The Kier molecular flexibility index (Phi) is 3.32. The van der Waals surface area contributed by atoms with Crippen LogP contribution in [0.3, 0.4) is 0 Å². The number of aromatic hydroxyl groups is 1. The van der Waals surface area contributed by atoms with E-state index in [2.05, 4.69) is 22.9 Å². The first-order chi connectivity index (χ1) is 13.0. The maximum Gasteiger partial charge on any atom is 0.195 e. The molecule has 1 saturated carbocycles. The third-order valence-electron chi connectivity index (χ3n) is 5.86. The van der Waals surface area contributed by atoms with E-state index in [4.69, 9.17) is 14.1 Å². The number of rotatable bonds is 3. The minimum atomic E-state index is 0.211. The summed E-state index contributed by atoms with van der Waals surface area (Å²) in [4.78, 5) is 4.88. The molecule has 138 valence electrons. The van der Waals surface area contributed by atoms with Crippen LogP contribution in [0.15, 0.2) is 28.8 Å². The fourth-order valence-corrected chi connectivity index (χ4v) is 3.88. The number of phenols is 1. The van der Waals surface area contributed by atoms with Crippen LogP contribution in [0.5, 0.6) is 11.5 Å². The Hall–Kier alpha value is -2.95. The van der Waals surface area contributed by atoms with Crippen LogP contribution in [0.1, 0.15) is 35.6 Å². The molecule has 1 fully saturated rings. The van der Waals surface area contributed by atoms with Gasteiger partial charge in [0.15, 0.2) is 11.5 Å². The number of aromatic nitrogens is 2. The van der Waals surface area contributed by atoms with Gasteiger partial charge < -0.3 is 18.8 Å². The summed E-state index contributed by atoms with van der Waals surface area (Å²) in [7, 11) is 1.60. The molecule has 1 aliphatic rings. The largest absolute Gasteiger partial charge is 0.507 e. The quantitative estimate of drug-likeness (QED) is 0.528. The first-order valence-electron chi connectivity index (χ1n) is 9.28. The Morgan fingerprint density at radius 2 is 1.89 bits per heavy atom. The summed E-state index contributed by atoms with van der Waals surface area (Å²) >= 11 is 0. The smallest absolute Gasteiger partial charge is 0.195 e. The van der Waals surface area contributed by atoms with Crippen LogP contribution in [-0.2, 0) is 0 Å². The van der Waals surface area contributed by atoms with Crippen molar-refractivity contribution in [2.75, 3.05) is 7.11 Å². The van der Waals surface area contributed by atoms with Crippen molar-refractivity contribution in [2.45, 2.75) is 39.7 Å². The van der Waals surface area contributed by atoms with Crippen molar-refractivity contribution in [1.29, 1.82) is 0 Å². The van der Waals surface area contributed by atoms with Crippen LogP contribution in [0.2, 0.25) is 0 Å². The zero-order chi connectivity index (χ0) is 18.9. The third-order valence-corrected chi connectivity index (χ3v) is 5.86. The molecule has 0 aliphatic heterocycles. The fourth-order valence-electron chi connectivity index (χ4n) is 3.88. The molecule has 5 heteroatoms. The lowest BCUT2D eigenvalue weighted by Gasteiger charge is -2.09. The van der Waals surface area contributed by atoms with Gasteiger partial charge in [-0.1, -0.05) is 0 Å². The Labute approximate surface area is 157 Å². The number of benzene rings is 1. The highest BCUT2D eigenvalue weighted by molar-refractivity contribution is 5.99. The van der Waals surface area contributed by atoms with Crippen LogP contribution in [0.25, 0.3) is 33.5 Å². The lowest BCUT2D eigenvalue weighted by atomic mass is 9.99. The third kappa shape index (κ3) is 2.21. The van der Waals surface area contributed by atoms with Crippen molar-refractivity contribution in [2.24, 2.45) is 0 Å². The molecule has 3 heterocycles. The molecule has 0 amide bonds. The molecule has 0 atom stereocenters. The zero-order valence-electron chi connectivity index (χ0n) is 16.0. The standard InChI is InChI=1S/C22H22N2O3/c1-11-12(2)18(25)17-19(13(11)3)27-20(21(17)26-4)16-8-5-14-9-10-24(15-6-7-15)22(14)23-16/h5,8-10,15,25H,6-7H2,1-4H3. The van der Waals surface area contributed by atoms with E-state index in [1.807, 2.05) is 26.8 Å². The number of hydrogen-bond donors (Lipinski definition) is 1. The number of phenolic OH excluding ortho intramolecular Hbond substituents is 1. The Bertz CT molecular complexity index is 1210. The maximum absolute atomic E-state index is 10.7. The van der Waals surface area contributed by atoms with Crippen LogP contribution < -0.4 is 4.74 Å². The summed E-state index contributed by atoms with van der Waals surface area (Å²) in [5, 5.41) is 12.5. The molecule has 1 N–H and O–H groups in total. The minimum absolute atomic E-state index is 0.211. The van der Waals surface area contributed by atoms with Crippen molar-refractivity contribution in [3.05, 3.63) is 41.1 Å². The second-order valence-corrected chi connectivity index (χ2v) is 7.46. The van der Waals surface area contributed by atoms with E-state index < -0.39 is 0 Å². The molecule has 0 unspecified atom stereocenters. The summed E-state index contributed by atoms with van der Waals surface area (Å²) in [6.45, 7) is 5.91. The maximum atomic E-state index is 10.7. The topological polar surface area (TPSA) is 60.4 Å². The molecule has 0 radical (unpaired) electrons. The Balaban J connectivity index is 1.80. The molecule has 1 aromatic carbocycles. The number of ether oxygens (including phenoxy) is 1. The first-order valence-corrected chi connectivity index (χ1v) is 9.28. The van der Waals surface area contributed by atoms with Crippen molar-refractivity contribution in [3.8, 4) is 23.0 Å². The molecule has 3 aromatic heterocycles. The van der Waals surface area contributed by atoms with E-state index in [9.17, 15) is 5.11 Å². The van der Waals surface area contributed by atoms with Gasteiger partial charge in [-0.05, 0) is 68.5 Å². The SMILES string of the molecule is COc1c(-c2ccc3ccn(C4CC4)c3n2)oc2c(C)c(C)c(C)c(O)c12.